The molecule has 1 aromatic carbocycles. The van der Waals surface area contributed by atoms with E-state index in [9.17, 15) is 36.2 Å². The van der Waals surface area contributed by atoms with Crippen LogP contribution in [0.3, 0.4) is 0 Å². The van der Waals surface area contributed by atoms with E-state index in [-0.39, 0.29) is 50.6 Å². The van der Waals surface area contributed by atoms with Crippen molar-refractivity contribution in [3.8, 4) is 5.75 Å². The summed E-state index contributed by atoms with van der Waals surface area (Å²) in [5.41, 5.74) is -2.94. The van der Waals surface area contributed by atoms with Crippen molar-refractivity contribution in [3.63, 3.8) is 0 Å². The Morgan fingerprint density at radius 1 is 0.971 bits per heavy atom. The molecule has 4 atom stereocenters. The standard InChI is InChI=1S/C23H29ClF6O5/c24-19-12-20(32)18(17(19)5-3-1-2-4-6-21(33)34-8-7-31)13-35-16-10-14(22(25,26)27)9-15(11-16)23(28,29)30/h9-11,17-20,31-32H,1-8,12-13H2/t17-,18-,19-,20-/m1/s1. The Balaban J connectivity index is 1.92. The Morgan fingerprint density at radius 2 is 1.57 bits per heavy atom. The van der Waals surface area contributed by atoms with Crippen LogP contribution >= 0.6 is 11.6 Å². The van der Waals surface area contributed by atoms with Crippen LogP contribution in [0.4, 0.5) is 26.3 Å². The molecule has 1 fully saturated rings. The highest BCUT2D eigenvalue weighted by atomic mass is 35.5. The second kappa shape index (κ2) is 13.0. The Kier molecular flexibility index (Phi) is 11.0. The zero-order valence-electron chi connectivity index (χ0n) is 18.9. The van der Waals surface area contributed by atoms with Crippen molar-refractivity contribution >= 4 is 17.6 Å². The number of aliphatic hydroxyl groups excluding tert-OH is 2. The van der Waals surface area contributed by atoms with Crippen LogP contribution in [-0.2, 0) is 21.9 Å². The van der Waals surface area contributed by atoms with Crippen LogP contribution in [0.25, 0.3) is 0 Å². The van der Waals surface area contributed by atoms with Crippen molar-refractivity contribution < 1.29 is 50.8 Å². The lowest BCUT2D eigenvalue weighted by atomic mass is 9.90. The second-order valence-corrected chi connectivity index (χ2v) is 9.16. The van der Waals surface area contributed by atoms with E-state index in [1.165, 1.54) is 0 Å². The van der Waals surface area contributed by atoms with Gasteiger partial charge in [0.1, 0.15) is 12.4 Å². The summed E-state index contributed by atoms with van der Waals surface area (Å²) < 4.78 is 88.5. The van der Waals surface area contributed by atoms with Crippen LogP contribution in [0, 0.1) is 11.8 Å². The van der Waals surface area contributed by atoms with E-state index >= 15 is 0 Å². The van der Waals surface area contributed by atoms with Crippen molar-refractivity contribution in [3.05, 3.63) is 29.3 Å². The molecule has 5 nitrogen and oxygen atoms in total. The molecular formula is C23H29ClF6O5. The molecule has 0 spiro atoms. The summed E-state index contributed by atoms with van der Waals surface area (Å²) in [6.45, 7) is -0.549. The van der Waals surface area contributed by atoms with Gasteiger partial charge in [-0.2, -0.15) is 26.3 Å². The fourth-order valence-electron chi connectivity index (χ4n) is 4.20. The van der Waals surface area contributed by atoms with Gasteiger partial charge >= 0.3 is 18.3 Å². The van der Waals surface area contributed by atoms with E-state index < -0.39 is 46.6 Å². The molecular weight excluding hydrogens is 506 g/mol. The molecule has 1 saturated carbocycles. The lowest BCUT2D eigenvalue weighted by Gasteiger charge is -2.24. The summed E-state index contributed by atoms with van der Waals surface area (Å²) in [7, 11) is 0. The van der Waals surface area contributed by atoms with Gasteiger partial charge in [0.2, 0.25) is 0 Å². The zero-order valence-corrected chi connectivity index (χ0v) is 19.6. The molecule has 35 heavy (non-hydrogen) atoms. The van der Waals surface area contributed by atoms with Crippen molar-refractivity contribution in [2.75, 3.05) is 19.8 Å². The lowest BCUT2D eigenvalue weighted by Crippen LogP contribution is -2.27. The third-order valence-corrected chi connectivity index (χ3v) is 6.50. The number of halogens is 7. The van der Waals surface area contributed by atoms with Crippen LogP contribution in [-0.4, -0.2) is 47.5 Å². The highest BCUT2D eigenvalue weighted by Gasteiger charge is 2.42. The molecule has 200 valence electrons. The summed E-state index contributed by atoms with van der Waals surface area (Å²) in [5.74, 6) is -1.74. The first-order valence-corrected chi connectivity index (χ1v) is 11.8. The Morgan fingerprint density at radius 3 is 2.14 bits per heavy atom. The van der Waals surface area contributed by atoms with Gasteiger partial charge in [0, 0.05) is 17.7 Å². The first kappa shape index (κ1) is 29.5. The number of aliphatic hydroxyl groups is 2. The SMILES string of the molecule is O=C(CCCCCC[C@@H]1[C@@H](COc2cc(C(F)(F)F)cc(C(F)(F)F)c2)[C@H](O)C[C@H]1Cl)OCCO. The molecule has 2 N–H and O–H groups in total. The number of ether oxygens (including phenoxy) is 2. The van der Waals surface area contributed by atoms with Crippen LogP contribution < -0.4 is 4.74 Å². The van der Waals surface area contributed by atoms with E-state index in [0.717, 1.165) is 12.8 Å². The highest BCUT2D eigenvalue weighted by Crippen LogP contribution is 2.41. The molecule has 1 aliphatic carbocycles. The molecule has 1 aromatic rings. The minimum atomic E-state index is -4.98. The van der Waals surface area contributed by atoms with Crippen molar-refractivity contribution in [1.29, 1.82) is 0 Å². The van der Waals surface area contributed by atoms with Gasteiger partial charge in [0.25, 0.3) is 0 Å². The third-order valence-electron chi connectivity index (χ3n) is 6.00. The predicted octanol–water partition coefficient (Wildman–Crippen LogP) is 5.58. The maximum Gasteiger partial charge on any atom is 0.416 e. The maximum atomic E-state index is 13.1. The average Bonchev–Trinajstić information content (AvgIpc) is 3.03. The van der Waals surface area contributed by atoms with E-state index in [2.05, 4.69) is 0 Å². The van der Waals surface area contributed by atoms with E-state index in [1.54, 1.807) is 0 Å². The van der Waals surface area contributed by atoms with Crippen molar-refractivity contribution in [1.82, 2.24) is 0 Å². The van der Waals surface area contributed by atoms with Crippen LogP contribution in [0.15, 0.2) is 18.2 Å². The molecule has 0 radical (unpaired) electrons. The summed E-state index contributed by atoms with van der Waals surface area (Å²) in [6, 6.07) is 1.05. The van der Waals surface area contributed by atoms with Gasteiger partial charge in [-0.15, -0.1) is 11.6 Å². The fraction of sp³-hybridized carbons (Fsp3) is 0.696. The summed E-state index contributed by atoms with van der Waals surface area (Å²) in [5, 5.41) is 18.6. The number of alkyl halides is 7. The summed E-state index contributed by atoms with van der Waals surface area (Å²) in [6.07, 6.45) is -6.97. The van der Waals surface area contributed by atoms with Gasteiger partial charge in [-0.3, -0.25) is 4.79 Å². The molecule has 0 bridgehead atoms. The monoisotopic (exact) mass is 534 g/mol. The first-order chi connectivity index (χ1) is 16.3. The van der Waals surface area contributed by atoms with Crippen LogP contribution in [0.2, 0.25) is 0 Å². The topological polar surface area (TPSA) is 76.0 Å². The Hall–Kier alpha value is -1.72. The van der Waals surface area contributed by atoms with Gasteiger partial charge in [-0.25, -0.2) is 0 Å². The number of hydrogen-bond acceptors (Lipinski definition) is 5. The minimum absolute atomic E-state index is 0.0290. The predicted molar refractivity (Wildman–Crippen MR) is 115 cm³/mol. The largest absolute Gasteiger partial charge is 0.493 e. The summed E-state index contributed by atoms with van der Waals surface area (Å²) in [4.78, 5) is 11.4. The van der Waals surface area contributed by atoms with E-state index in [1.807, 2.05) is 0 Å². The van der Waals surface area contributed by atoms with Gasteiger partial charge in [-0.1, -0.05) is 19.3 Å². The Bertz CT molecular complexity index is 784. The number of hydrogen-bond donors (Lipinski definition) is 2. The Labute approximate surface area is 204 Å². The molecule has 0 aliphatic heterocycles. The molecule has 12 heteroatoms. The molecule has 0 saturated heterocycles. The summed E-state index contributed by atoms with van der Waals surface area (Å²) >= 11 is 6.36. The lowest BCUT2D eigenvalue weighted by molar-refractivity contribution is -0.145. The van der Waals surface area contributed by atoms with Gasteiger partial charge in [-0.05, 0) is 43.4 Å². The number of benzene rings is 1. The number of unbranched alkanes of at least 4 members (excludes halogenated alkanes) is 3. The van der Waals surface area contributed by atoms with Gasteiger partial charge in [0.05, 0.1) is 30.4 Å². The smallest absolute Gasteiger partial charge is 0.416 e. The molecule has 0 heterocycles. The van der Waals surface area contributed by atoms with E-state index in [4.69, 9.17) is 26.2 Å². The zero-order chi connectivity index (χ0) is 26.2. The average molecular weight is 535 g/mol. The fourth-order valence-corrected chi connectivity index (χ4v) is 4.70. The van der Waals surface area contributed by atoms with Crippen molar-refractivity contribution in [2.45, 2.75) is 68.8 Å². The second-order valence-electron chi connectivity index (χ2n) is 8.60. The molecule has 0 aromatic heterocycles. The molecule has 0 amide bonds. The van der Waals surface area contributed by atoms with E-state index in [0.29, 0.717) is 31.4 Å². The van der Waals surface area contributed by atoms with Crippen molar-refractivity contribution in [2.24, 2.45) is 11.8 Å². The first-order valence-electron chi connectivity index (χ1n) is 11.3. The molecule has 0 unspecified atom stereocenters. The van der Waals surface area contributed by atoms with Crippen LogP contribution in [0.1, 0.15) is 56.1 Å². The minimum Gasteiger partial charge on any atom is -0.493 e. The van der Waals surface area contributed by atoms with Gasteiger partial charge < -0.3 is 19.7 Å². The quantitative estimate of drug-likeness (QED) is 0.158. The number of carbonyl (C=O) groups excluding carboxylic acids is 1. The molecule has 1 aliphatic rings. The van der Waals surface area contributed by atoms with Crippen LogP contribution in [0.5, 0.6) is 5.75 Å². The highest BCUT2D eigenvalue weighted by molar-refractivity contribution is 6.21. The molecule has 2 rings (SSSR count). The number of esters is 1. The van der Waals surface area contributed by atoms with Gasteiger partial charge in [0.15, 0.2) is 0 Å². The maximum absolute atomic E-state index is 13.1. The number of rotatable bonds is 12. The third kappa shape index (κ3) is 9.34. The normalized spacial score (nSPS) is 22.9. The number of carbonyl (C=O) groups is 1.